The molecule has 0 spiro atoms. The molecule has 0 fully saturated rings. The fourth-order valence-corrected chi connectivity index (χ4v) is 8.05. The normalized spacial score (nSPS) is 12.8. The highest BCUT2D eigenvalue weighted by Crippen LogP contribution is 2.34. The molecule has 1 radical (unpaired) electrons. The van der Waals surface area contributed by atoms with Crippen molar-refractivity contribution in [1.82, 2.24) is 31.7 Å². The highest BCUT2D eigenvalue weighted by atomic mass is 16.5. The molecule has 0 aliphatic carbocycles. The average molecular weight is 1000 g/mol. The lowest BCUT2D eigenvalue weighted by Crippen LogP contribution is -2.54. The summed E-state index contributed by atoms with van der Waals surface area (Å²) in [6.07, 6.45) is 23.4. The van der Waals surface area contributed by atoms with Gasteiger partial charge in [0, 0.05) is 80.3 Å². The Bertz CT molecular complexity index is 1730. The van der Waals surface area contributed by atoms with Gasteiger partial charge in [-0.05, 0) is 39.5 Å². The van der Waals surface area contributed by atoms with Gasteiger partial charge in [-0.3, -0.25) is 38.4 Å². The van der Waals surface area contributed by atoms with Gasteiger partial charge in [-0.25, -0.2) is 10.7 Å². The number of primary amides is 1. The first-order chi connectivity index (χ1) is 33.6. The summed E-state index contributed by atoms with van der Waals surface area (Å²) < 4.78 is 10.9. The van der Waals surface area contributed by atoms with Crippen molar-refractivity contribution < 1.29 is 52.9 Å². The van der Waals surface area contributed by atoms with E-state index in [0.29, 0.717) is 57.5 Å². The Morgan fingerprint density at radius 1 is 0.648 bits per heavy atom. The number of nitrogens with zero attached hydrogens (tertiary/aromatic N) is 1. The lowest BCUT2D eigenvalue weighted by molar-refractivity contribution is -0.140. The van der Waals surface area contributed by atoms with Gasteiger partial charge in [0.2, 0.25) is 23.6 Å². The summed E-state index contributed by atoms with van der Waals surface area (Å²) in [7, 11) is 0. The molecule has 405 valence electrons. The number of aliphatic carboxylic acids is 1. The molecule has 18 heteroatoms. The summed E-state index contributed by atoms with van der Waals surface area (Å²) in [4.78, 5) is 107. The molecule has 0 aliphatic rings. The number of carbonyl (C=O) groups is 8. The van der Waals surface area contributed by atoms with Crippen LogP contribution in [0, 0.1) is 16.7 Å². The SMILES string of the molecule is CC(C)(CC(=O)C(C)(C)CC(=O)C(C)(C)NC(=O)[C@@H]([NH])Cc1cnc[nH]1)C(=O)C[C@@H](CCCCNC(=O)COCCOCCNC(=O)CCCCCCCCCCCCCCCCCCC(=O)O)C(N)=O. The number of hydrogen-bond acceptors (Lipinski definition) is 11. The highest BCUT2D eigenvalue weighted by Gasteiger charge is 2.41. The van der Waals surface area contributed by atoms with E-state index < -0.39 is 51.9 Å². The topological polar surface area (TPSA) is 290 Å². The van der Waals surface area contributed by atoms with Crippen LogP contribution in [0.15, 0.2) is 12.5 Å². The first-order valence-electron chi connectivity index (χ1n) is 26.4. The van der Waals surface area contributed by atoms with Crippen molar-refractivity contribution in [2.75, 3.05) is 39.5 Å². The molecule has 0 aliphatic heterocycles. The van der Waals surface area contributed by atoms with E-state index in [0.717, 1.165) is 38.5 Å². The van der Waals surface area contributed by atoms with Crippen LogP contribution in [0.5, 0.6) is 0 Å². The zero-order valence-electron chi connectivity index (χ0n) is 44.3. The number of ether oxygens (including phenoxy) is 2. The number of carbonyl (C=O) groups excluding carboxylic acids is 7. The van der Waals surface area contributed by atoms with E-state index in [2.05, 4.69) is 25.9 Å². The lowest BCUT2D eigenvalue weighted by Gasteiger charge is -2.33. The molecule has 8 N–H and O–H groups in total. The number of hydrogen-bond donors (Lipinski definition) is 6. The molecular weight excluding hydrogens is 911 g/mol. The Balaban J connectivity index is 2.13. The van der Waals surface area contributed by atoms with Gasteiger partial charge < -0.3 is 41.2 Å². The van der Waals surface area contributed by atoms with Crippen LogP contribution >= 0.6 is 0 Å². The summed E-state index contributed by atoms with van der Waals surface area (Å²) in [5, 5.41) is 16.9. The zero-order chi connectivity index (χ0) is 53.1. The fourth-order valence-electron chi connectivity index (χ4n) is 8.05. The van der Waals surface area contributed by atoms with Gasteiger partial charge in [0.05, 0.1) is 31.7 Å². The second kappa shape index (κ2) is 36.4. The molecule has 2 atom stereocenters. The number of ketones is 3. The first-order valence-corrected chi connectivity index (χ1v) is 26.4. The Labute approximate surface area is 424 Å². The summed E-state index contributed by atoms with van der Waals surface area (Å²) >= 11 is 0. The fraction of sp³-hybridized carbons (Fsp3) is 0.792. The molecule has 1 rings (SSSR count). The second-order valence-electron chi connectivity index (χ2n) is 21.1. The summed E-state index contributed by atoms with van der Waals surface area (Å²) in [5.41, 5.74) is 10.8. The van der Waals surface area contributed by atoms with Crippen molar-refractivity contribution >= 4 is 46.9 Å². The largest absolute Gasteiger partial charge is 0.481 e. The van der Waals surface area contributed by atoms with Gasteiger partial charge in [-0.1, -0.05) is 124 Å². The van der Waals surface area contributed by atoms with Crippen LogP contribution in [0.3, 0.4) is 0 Å². The number of nitrogens with one attached hydrogen (secondary N) is 5. The number of aromatic nitrogens is 2. The first kappa shape index (κ1) is 64.5. The Kier molecular flexibility index (Phi) is 33.0. The van der Waals surface area contributed by atoms with Gasteiger partial charge in [0.1, 0.15) is 24.2 Å². The highest BCUT2D eigenvalue weighted by molar-refractivity contribution is 5.99. The van der Waals surface area contributed by atoms with Crippen molar-refractivity contribution in [3.8, 4) is 0 Å². The minimum Gasteiger partial charge on any atom is -0.481 e. The van der Waals surface area contributed by atoms with Crippen LogP contribution in [0.1, 0.15) is 201 Å². The standard InChI is InChI=1S/C53H92N7O11/c1-51(2,35-44(62)52(3,4)36-45(63)53(5,6)60-50(69)42(54)34-41-37-56-39-59-41)43(61)33-40(49(55)68)25-23-24-28-57-47(65)38-71-32-31-70-30-29-58-46(64)26-21-19-17-15-13-11-9-7-8-10-12-14-16-18-20-22-27-48(66)67/h37,39-40,42,54H,7-36,38H2,1-6H3,(H2,55,68)(H,56,59)(H,57,65)(H,58,64)(H,60,69)(H,66,67)/t40-,42+/m1/s1. The Morgan fingerprint density at radius 3 is 1.69 bits per heavy atom. The van der Waals surface area contributed by atoms with Crippen LogP contribution in [0.2, 0.25) is 0 Å². The molecule has 4 amide bonds. The maximum Gasteiger partial charge on any atom is 0.303 e. The van der Waals surface area contributed by atoms with Gasteiger partial charge in [0.15, 0.2) is 5.78 Å². The molecule has 0 bridgehead atoms. The van der Waals surface area contributed by atoms with Crippen molar-refractivity contribution in [3.05, 3.63) is 18.2 Å². The van der Waals surface area contributed by atoms with E-state index in [4.69, 9.17) is 26.0 Å². The molecule has 0 aromatic carbocycles. The number of imidazole rings is 1. The molecule has 0 saturated heterocycles. The van der Waals surface area contributed by atoms with Gasteiger partial charge >= 0.3 is 5.97 Å². The van der Waals surface area contributed by atoms with Crippen molar-refractivity contribution in [1.29, 1.82) is 0 Å². The van der Waals surface area contributed by atoms with Crippen LogP contribution in [0.4, 0.5) is 0 Å². The molecule has 71 heavy (non-hydrogen) atoms. The van der Waals surface area contributed by atoms with E-state index in [1.807, 2.05) is 0 Å². The summed E-state index contributed by atoms with van der Waals surface area (Å²) in [6, 6.07) is -1.17. The average Bonchev–Trinajstić information content (AvgIpc) is 3.81. The maximum absolute atomic E-state index is 13.5. The molecule has 1 aromatic heterocycles. The number of aromatic amines is 1. The van der Waals surface area contributed by atoms with Crippen LogP contribution < -0.4 is 27.4 Å². The summed E-state index contributed by atoms with van der Waals surface area (Å²) in [6.45, 7) is 11.0. The second-order valence-corrected chi connectivity index (χ2v) is 21.1. The van der Waals surface area contributed by atoms with Crippen molar-refractivity contribution in [2.24, 2.45) is 22.5 Å². The number of amides is 4. The minimum absolute atomic E-state index is 0.0210. The van der Waals surface area contributed by atoms with E-state index >= 15 is 0 Å². The third-order valence-electron chi connectivity index (χ3n) is 13.0. The maximum atomic E-state index is 13.5. The molecule has 0 unspecified atom stereocenters. The van der Waals surface area contributed by atoms with Crippen molar-refractivity contribution in [3.63, 3.8) is 0 Å². The monoisotopic (exact) mass is 1000 g/mol. The lowest BCUT2D eigenvalue weighted by atomic mass is 9.71. The number of carboxylic acid groups (broad SMARTS) is 1. The molecule has 0 saturated carbocycles. The Hall–Kier alpha value is -4.55. The van der Waals surface area contributed by atoms with Gasteiger partial charge in [-0.2, -0.15) is 0 Å². The van der Waals surface area contributed by atoms with Crippen LogP contribution in [0.25, 0.3) is 0 Å². The number of unbranched alkanes of at least 4 members (excludes halogenated alkanes) is 16. The smallest absolute Gasteiger partial charge is 0.303 e. The van der Waals surface area contributed by atoms with Gasteiger partial charge in [0.25, 0.3) is 0 Å². The molecule has 1 aromatic rings. The predicted octanol–water partition coefficient (Wildman–Crippen LogP) is 7.07. The number of H-pyrrole nitrogens is 1. The number of carboxylic acids is 1. The van der Waals surface area contributed by atoms with Crippen LogP contribution in [-0.2, 0) is 54.3 Å². The van der Waals surface area contributed by atoms with E-state index in [1.54, 1.807) is 27.7 Å². The Morgan fingerprint density at radius 2 is 1.15 bits per heavy atom. The van der Waals surface area contributed by atoms with Crippen molar-refractivity contribution in [2.45, 2.75) is 214 Å². The van der Waals surface area contributed by atoms with E-state index in [-0.39, 0.29) is 68.9 Å². The molecular formula is C53H92N7O11. The van der Waals surface area contributed by atoms with Crippen LogP contribution in [-0.4, -0.2) is 113 Å². The quantitative estimate of drug-likeness (QED) is 0.0358. The summed E-state index contributed by atoms with van der Waals surface area (Å²) in [5.74, 6) is -4.03. The molecule has 1 heterocycles. The van der Waals surface area contributed by atoms with E-state index in [9.17, 15) is 38.4 Å². The third kappa shape index (κ3) is 31.5. The van der Waals surface area contributed by atoms with E-state index in [1.165, 1.54) is 90.6 Å². The number of nitrogens with two attached hydrogens (primary N) is 1. The predicted molar refractivity (Wildman–Crippen MR) is 273 cm³/mol. The van der Waals surface area contributed by atoms with Gasteiger partial charge in [-0.15, -0.1) is 0 Å². The zero-order valence-corrected chi connectivity index (χ0v) is 44.3. The minimum atomic E-state index is -1.35. The third-order valence-corrected chi connectivity index (χ3v) is 13.0. The molecule has 18 nitrogen and oxygen atoms in total. The number of rotatable bonds is 46. The number of Topliss-reactive ketones (excluding diaryl/α,β-unsaturated/α-hetero) is 3.